The molecule has 0 N–H and O–H groups in total. The zero-order valence-corrected chi connectivity index (χ0v) is 16.5. The Bertz CT molecular complexity index is 1010. The maximum atomic E-state index is 5.26. The number of thiazole rings is 1. The van der Waals surface area contributed by atoms with Crippen LogP contribution in [0.15, 0.2) is 76.4 Å². The molecule has 0 atom stereocenters. The maximum absolute atomic E-state index is 5.26. The summed E-state index contributed by atoms with van der Waals surface area (Å²) in [6.45, 7) is 8.45. The van der Waals surface area contributed by atoms with Gasteiger partial charge in [0.15, 0.2) is 0 Å². The molecule has 2 aromatic heterocycles. The molecule has 0 amide bonds. The van der Waals surface area contributed by atoms with Gasteiger partial charge in [-0.3, -0.25) is 9.98 Å². The van der Waals surface area contributed by atoms with Crippen LogP contribution in [0.2, 0.25) is 0 Å². The van der Waals surface area contributed by atoms with E-state index in [2.05, 4.69) is 21.9 Å². The van der Waals surface area contributed by atoms with Gasteiger partial charge in [0.05, 0.1) is 25.1 Å². The first-order valence-corrected chi connectivity index (χ1v) is 9.42. The van der Waals surface area contributed by atoms with Crippen molar-refractivity contribution in [1.82, 2.24) is 9.66 Å². The van der Waals surface area contributed by atoms with Crippen molar-refractivity contribution in [2.24, 2.45) is 10.1 Å². The van der Waals surface area contributed by atoms with Crippen molar-refractivity contribution in [1.29, 1.82) is 0 Å². The standard InChI is InChI=1S/C21H22N4OS/c1-15(2)12-23-21-25(24-16(3)18-6-5-11-22-13-18)20(14-27-21)17-7-9-19(26-4)10-8-17/h5-11,13-14H,1,12H2,2-4H3. The molecular formula is C21H22N4OS. The first-order chi connectivity index (χ1) is 13.1. The summed E-state index contributed by atoms with van der Waals surface area (Å²) in [6.07, 6.45) is 3.56. The van der Waals surface area contributed by atoms with Crippen LogP contribution in [0.25, 0.3) is 11.3 Å². The lowest BCUT2D eigenvalue weighted by Gasteiger charge is -2.07. The predicted octanol–water partition coefficient (Wildman–Crippen LogP) is 4.37. The molecule has 6 heteroatoms. The smallest absolute Gasteiger partial charge is 0.206 e. The van der Waals surface area contributed by atoms with Gasteiger partial charge in [-0.1, -0.05) is 18.2 Å². The second-order valence-electron chi connectivity index (χ2n) is 6.14. The van der Waals surface area contributed by atoms with E-state index in [0.717, 1.165) is 38.7 Å². The van der Waals surface area contributed by atoms with E-state index in [9.17, 15) is 0 Å². The van der Waals surface area contributed by atoms with Gasteiger partial charge in [0.2, 0.25) is 4.80 Å². The summed E-state index contributed by atoms with van der Waals surface area (Å²) in [7, 11) is 1.66. The Morgan fingerprint density at radius 1 is 1.22 bits per heavy atom. The molecule has 5 nitrogen and oxygen atoms in total. The molecule has 0 saturated heterocycles. The van der Waals surface area contributed by atoms with Crippen molar-refractivity contribution in [3.63, 3.8) is 0 Å². The Hall–Kier alpha value is -2.99. The number of benzene rings is 1. The van der Waals surface area contributed by atoms with E-state index in [1.807, 2.05) is 61.1 Å². The number of hydrogen-bond acceptors (Lipinski definition) is 5. The van der Waals surface area contributed by atoms with Crippen molar-refractivity contribution < 1.29 is 4.74 Å². The molecule has 2 heterocycles. The largest absolute Gasteiger partial charge is 0.497 e. The van der Waals surface area contributed by atoms with E-state index in [1.165, 1.54) is 0 Å². The zero-order chi connectivity index (χ0) is 19.2. The molecule has 138 valence electrons. The molecule has 1 aromatic carbocycles. The van der Waals surface area contributed by atoms with E-state index in [-0.39, 0.29) is 0 Å². The molecule has 3 rings (SSSR count). The summed E-state index contributed by atoms with van der Waals surface area (Å²) in [5, 5.41) is 6.90. The minimum Gasteiger partial charge on any atom is -0.497 e. The summed E-state index contributed by atoms with van der Waals surface area (Å²) in [5.74, 6) is 0.822. The molecular weight excluding hydrogens is 356 g/mol. The van der Waals surface area contributed by atoms with Crippen molar-refractivity contribution >= 4 is 17.0 Å². The molecule has 0 fully saturated rings. The molecule has 0 radical (unpaired) electrons. The van der Waals surface area contributed by atoms with Crippen LogP contribution >= 0.6 is 11.3 Å². The Morgan fingerprint density at radius 3 is 2.63 bits per heavy atom. The maximum Gasteiger partial charge on any atom is 0.206 e. The Labute approximate surface area is 163 Å². The van der Waals surface area contributed by atoms with Gasteiger partial charge in [0.25, 0.3) is 0 Å². The van der Waals surface area contributed by atoms with Crippen LogP contribution in [0, 0.1) is 0 Å². The van der Waals surface area contributed by atoms with Crippen LogP contribution < -0.4 is 9.54 Å². The third-order valence-electron chi connectivity index (χ3n) is 3.88. The Kier molecular flexibility index (Phi) is 5.98. The van der Waals surface area contributed by atoms with Gasteiger partial charge in [0, 0.05) is 28.9 Å². The molecule has 0 unspecified atom stereocenters. The molecule has 3 aromatic rings. The zero-order valence-electron chi connectivity index (χ0n) is 15.7. The first-order valence-electron chi connectivity index (χ1n) is 8.54. The molecule has 0 saturated carbocycles. The van der Waals surface area contributed by atoms with Crippen molar-refractivity contribution in [3.05, 3.63) is 76.7 Å². The summed E-state index contributed by atoms with van der Waals surface area (Å²) < 4.78 is 7.15. The van der Waals surface area contributed by atoms with Crippen LogP contribution in [-0.2, 0) is 0 Å². The van der Waals surface area contributed by atoms with E-state index < -0.39 is 0 Å². The SMILES string of the molecule is C=C(C)CN=c1scc(-c2ccc(OC)cc2)n1N=C(C)c1cccnc1. The van der Waals surface area contributed by atoms with Gasteiger partial charge >= 0.3 is 0 Å². The van der Waals surface area contributed by atoms with Gasteiger partial charge in [0.1, 0.15) is 5.75 Å². The van der Waals surface area contributed by atoms with E-state index in [0.29, 0.717) is 6.54 Å². The van der Waals surface area contributed by atoms with Crippen molar-refractivity contribution in [2.75, 3.05) is 13.7 Å². The van der Waals surface area contributed by atoms with Gasteiger partial charge in [-0.05, 0) is 44.2 Å². The second-order valence-corrected chi connectivity index (χ2v) is 6.98. The van der Waals surface area contributed by atoms with Gasteiger partial charge in [-0.2, -0.15) is 5.10 Å². The minimum atomic E-state index is 0.573. The number of aromatic nitrogens is 2. The van der Waals surface area contributed by atoms with Crippen LogP contribution in [0.1, 0.15) is 19.4 Å². The fourth-order valence-electron chi connectivity index (χ4n) is 2.45. The lowest BCUT2D eigenvalue weighted by atomic mass is 10.2. The van der Waals surface area contributed by atoms with Gasteiger partial charge < -0.3 is 4.74 Å². The molecule has 0 bridgehead atoms. The lowest BCUT2D eigenvalue weighted by molar-refractivity contribution is 0.415. The fraction of sp³-hybridized carbons (Fsp3) is 0.190. The number of nitrogens with zero attached hydrogens (tertiary/aromatic N) is 4. The summed E-state index contributed by atoms with van der Waals surface area (Å²) in [5.41, 5.74) is 4.88. The minimum absolute atomic E-state index is 0.573. The molecule has 0 aliphatic heterocycles. The molecule has 0 aliphatic carbocycles. The number of pyridine rings is 1. The van der Waals surface area contributed by atoms with Gasteiger partial charge in [-0.25, -0.2) is 4.68 Å². The average Bonchev–Trinajstić information content (AvgIpc) is 3.09. The summed E-state index contributed by atoms with van der Waals surface area (Å²) in [4.78, 5) is 9.67. The van der Waals surface area contributed by atoms with E-state index >= 15 is 0 Å². The molecule has 27 heavy (non-hydrogen) atoms. The highest BCUT2D eigenvalue weighted by Gasteiger charge is 2.09. The van der Waals surface area contributed by atoms with Crippen LogP contribution in [-0.4, -0.2) is 29.0 Å². The predicted molar refractivity (Wildman–Crippen MR) is 111 cm³/mol. The number of ether oxygens (including phenoxy) is 1. The summed E-state index contributed by atoms with van der Waals surface area (Å²) in [6, 6.07) is 11.8. The third kappa shape index (κ3) is 4.60. The Morgan fingerprint density at radius 2 is 2.00 bits per heavy atom. The van der Waals surface area contributed by atoms with Crippen LogP contribution in [0.4, 0.5) is 0 Å². The monoisotopic (exact) mass is 378 g/mol. The number of methoxy groups -OCH3 is 1. The topological polar surface area (TPSA) is 51.8 Å². The molecule has 0 aliphatic rings. The highest BCUT2D eigenvalue weighted by molar-refractivity contribution is 7.07. The van der Waals surface area contributed by atoms with Crippen LogP contribution in [0.3, 0.4) is 0 Å². The van der Waals surface area contributed by atoms with E-state index in [1.54, 1.807) is 24.6 Å². The number of rotatable bonds is 6. The van der Waals surface area contributed by atoms with E-state index in [4.69, 9.17) is 9.84 Å². The van der Waals surface area contributed by atoms with Gasteiger partial charge in [-0.15, -0.1) is 11.3 Å². The Balaban J connectivity index is 2.11. The summed E-state index contributed by atoms with van der Waals surface area (Å²) >= 11 is 1.56. The van der Waals surface area contributed by atoms with Crippen molar-refractivity contribution in [3.8, 4) is 17.0 Å². The average molecular weight is 379 g/mol. The fourth-order valence-corrected chi connectivity index (χ4v) is 3.28. The van der Waals surface area contributed by atoms with Crippen molar-refractivity contribution in [2.45, 2.75) is 13.8 Å². The van der Waals surface area contributed by atoms with Crippen LogP contribution in [0.5, 0.6) is 5.75 Å². The molecule has 0 spiro atoms. The third-order valence-corrected chi connectivity index (χ3v) is 4.74. The quantitative estimate of drug-likeness (QED) is 0.472. The lowest BCUT2D eigenvalue weighted by Crippen LogP contribution is -2.15. The first kappa shape index (κ1) is 18.8. The second kappa shape index (κ2) is 8.60. The highest BCUT2D eigenvalue weighted by Crippen LogP contribution is 2.23. The normalized spacial score (nSPS) is 12.3. The number of hydrogen-bond donors (Lipinski definition) is 0. The highest BCUT2D eigenvalue weighted by atomic mass is 32.1.